The lowest BCUT2D eigenvalue weighted by atomic mass is 10.1. The smallest absolute Gasteiger partial charge is 0.270 e. The summed E-state index contributed by atoms with van der Waals surface area (Å²) in [7, 11) is 1.97. The van der Waals surface area contributed by atoms with Crippen molar-refractivity contribution in [3.05, 3.63) is 63.6 Å². The molecular formula is C25H25FN8OS. The molecule has 4 heterocycles. The molecular weight excluding hydrogens is 479 g/mol. The fourth-order valence-corrected chi connectivity index (χ4v) is 4.95. The van der Waals surface area contributed by atoms with Crippen molar-refractivity contribution in [3.63, 3.8) is 0 Å². The highest BCUT2D eigenvalue weighted by atomic mass is 32.1. The van der Waals surface area contributed by atoms with Gasteiger partial charge in [-0.15, -0.1) is 11.3 Å². The number of nitrogens with one attached hydrogen (secondary N) is 1. The Balaban J connectivity index is 1.51. The summed E-state index contributed by atoms with van der Waals surface area (Å²) in [6, 6.07) is 12.2. The Morgan fingerprint density at radius 1 is 1.28 bits per heavy atom. The molecule has 11 heteroatoms. The molecule has 0 bridgehead atoms. The second-order valence-electron chi connectivity index (χ2n) is 8.81. The van der Waals surface area contributed by atoms with E-state index in [2.05, 4.69) is 26.3 Å². The van der Waals surface area contributed by atoms with Crippen LogP contribution in [0.4, 0.5) is 10.2 Å². The number of anilines is 1. The van der Waals surface area contributed by atoms with Gasteiger partial charge in [-0.05, 0) is 31.7 Å². The lowest BCUT2D eigenvalue weighted by Crippen LogP contribution is -2.53. The van der Waals surface area contributed by atoms with Gasteiger partial charge in [0.25, 0.3) is 5.91 Å². The Morgan fingerprint density at radius 3 is 2.78 bits per heavy atom. The summed E-state index contributed by atoms with van der Waals surface area (Å²) in [5.41, 5.74) is 5.34. The number of fused-ring (bicyclic) bond motifs is 1. The summed E-state index contributed by atoms with van der Waals surface area (Å²) in [6.45, 7) is 3.68. The van der Waals surface area contributed by atoms with Crippen molar-refractivity contribution in [2.45, 2.75) is 19.5 Å². The van der Waals surface area contributed by atoms with Crippen molar-refractivity contribution in [1.82, 2.24) is 29.8 Å². The van der Waals surface area contributed by atoms with Gasteiger partial charge in [0.05, 0.1) is 23.2 Å². The molecule has 36 heavy (non-hydrogen) atoms. The first kappa shape index (κ1) is 23.8. The highest BCUT2D eigenvalue weighted by Gasteiger charge is 2.29. The van der Waals surface area contributed by atoms with Crippen molar-refractivity contribution in [3.8, 4) is 17.5 Å². The number of aryl methyl sites for hydroxylation is 1. The number of aromatic nitrogens is 4. The molecule has 5 rings (SSSR count). The average molecular weight is 505 g/mol. The third-order valence-electron chi connectivity index (χ3n) is 6.32. The largest absolute Gasteiger partial charge is 0.348 e. The number of amides is 1. The third-order valence-corrected chi connectivity index (χ3v) is 7.08. The molecule has 0 unspecified atom stereocenters. The molecule has 1 aromatic carbocycles. The fraction of sp³-hybridized carbons (Fsp3) is 0.320. The van der Waals surface area contributed by atoms with Crippen LogP contribution in [-0.2, 0) is 6.54 Å². The summed E-state index contributed by atoms with van der Waals surface area (Å²) < 4.78 is 15.7. The normalized spacial score (nSPS) is 16.3. The molecule has 1 saturated heterocycles. The van der Waals surface area contributed by atoms with Gasteiger partial charge < -0.3 is 15.1 Å². The van der Waals surface area contributed by atoms with Crippen LogP contribution in [0.25, 0.3) is 17.0 Å². The van der Waals surface area contributed by atoms with Gasteiger partial charge >= 0.3 is 0 Å². The molecule has 9 nitrogen and oxygen atoms in total. The zero-order valence-electron chi connectivity index (χ0n) is 20.0. The van der Waals surface area contributed by atoms with Crippen LogP contribution < -0.4 is 10.2 Å². The van der Waals surface area contributed by atoms with Crippen LogP contribution in [0, 0.1) is 18.3 Å². The quantitative estimate of drug-likeness (QED) is 0.431. The lowest BCUT2D eigenvalue weighted by Gasteiger charge is -2.40. The second kappa shape index (κ2) is 10.0. The summed E-state index contributed by atoms with van der Waals surface area (Å²) in [6.07, 6.45) is 0. The molecule has 0 spiro atoms. The predicted molar refractivity (Wildman–Crippen MR) is 136 cm³/mol. The Kier molecular flexibility index (Phi) is 6.63. The van der Waals surface area contributed by atoms with Crippen molar-refractivity contribution in [1.29, 1.82) is 5.26 Å². The Labute approximate surface area is 211 Å². The molecule has 4 aromatic rings. The Morgan fingerprint density at radius 2 is 2.08 bits per heavy atom. The summed E-state index contributed by atoms with van der Waals surface area (Å²) in [4.78, 5) is 27.3. The number of piperazine rings is 1. The number of benzene rings is 1. The summed E-state index contributed by atoms with van der Waals surface area (Å²) in [5, 5.41) is 16.6. The molecule has 1 atom stereocenters. The highest BCUT2D eigenvalue weighted by Crippen LogP contribution is 2.28. The van der Waals surface area contributed by atoms with Gasteiger partial charge in [0.2, 0.25) is 0 Å². The van der Waals surface area contributed by atoms with Crippen molar-refractivity contribution < 1.29 is 9.18 Å². The minimum Gasteiger partial charge on any atom is -0.348 e. The minimum atomic E-state index is -0.520. The number of carbonyl (C=O) groups excluding carboxylic acids is 1. The zero-order chi connectivity index (χ0) is 25.2. The summed E-state index contributed by atoms with van der Waals surface area (Å²) >= 11 is 1.53. The summed E-state index contributed by atoms with van der Waals surface area (Å²) in [5.74, 6) is 0.278. The molecule has 0 aliphatic carbocycles. The van der Waals surface area contributed by atoms with Crippen LogP contribution in [-0.4, -0.2) is 69.8 Å². The van der Waals surface area contributed by atoms with Crippen LogP contribution in [0.15, 0.2) is 41.9 Å². The molecule has 1 fully saturated rings. The van der Waals surface area contributed by atoms with Gasteiger partial charge in [0.15, 0.2) is 5.65 Å². The van der Waals surface area contributed by atoms with Gasteiger partial charge in [-0.1, -0.05) is 12.1 Å². The third kappa shape index (κ3) is 4.65. The van der Waals surface area contributed by atoms with E-state index in [0.29, 0.717) is 35.8 Å². The van der Waals surface area contributed by atoms with E-state index in [1.807, 2.05) is 24.9 Å². The van der Waals surface area contributed by atoms with E-state index in [-0.39, 0.29) is 24.2 Å². The van der Waals surface area contributed by atoms with E-state index in [4.69, 9.17) is 10.4 Å². The van der Waals surface area contributed by atoms with Gasteiger partial charge in [0.1, 0.15) is 29.6 Å². The molecule has 1 aliphatic rings. The first-order chi connectivity index (χ1) is 17.5. The van der Waals surface area contributed by atoms with Gasteiger partial charge in [-0.25, -0.2) is 14.4 Å². The van der Waals surface area contributed by atoms with E-state index in [1.54, 1.807) is 40.4 Å². The molecule has 184 valence electrons. The molecule has 1 aliphatic heterocycles. The molecule has 1 N–H and O–H groups in total. The van der Waals surface area contributed by atoms with E-state index < -0.39 is 6.67 Å². The zero-order valence-corrected chi connectivity index (χ0v) is 20.8. The minimum absolute atomic E-state index is 0.226. The fourth-order valence-electron chi connectivity index (χ4n) is 4.36. The molecule has 3 aromatic heterocycles. The SMILES string of the molecule is Cc1scnc1-c1cc2nc(C(=O)NCc3ccc(C#N)cc3)cc(N3CCN(C)C[C@H]3CF)n2n1. The number of rotatable bonds is 6. The molecule has 0 saturated carbocycles. The van der Waals surface area contributed by atoms with Crippen LogP contribution >= 0.6 is 11.3 Å². The van der Waals surface area contributed by atoms with Crippen LogP contribution in [0.1, 0.15) is 26.5 Å². The van der Waals surface area contributed by atoms with Crippen molar-refractivity contribution in [2.75, 3.05) is 38.3 Å². The maximum atomic E-state index is 14.1. The van der Waals surface area contributed by atoms with E-state index in [1.165, 1.54) is 11.3 Å². The highest BCUT2D eigenvalue weighted by molar-refractivity contribution is 7.10. The number of hydrogen-bond acceptors (Lipinski definition) is 8. The van der Waals surface area contributed by atoms with Crippen molar-refractivity contribution in [2.24, 2.45) is 0 Å². The number of alkyl halides is 1. The number of halogens is 1. The number of thiazole rings is 1. The van der Waals surface area contributed by atoms with Gasteiger partial charge in [0, 0.05) is 43.2 Å². The number of nitriles is 1. The van der Waals surface area contributed by atoms with E-state index >= 15 is 0 Å². The predicted octanol–water partition coefficient (Wildman–Crippen LogP) is 3.05. The Hall–Kier alpha value is -3.88. The van der Waals surface area contributed by atoms with Crippen molar-refractivity contribution >= 4 is 28.7 Å². The Bertz CT molecular complexity index is 1440. The molecule has 1 amide bonds. The average Bonchev–Trinajstić information content (AvgIpc) is 3.52. The van der Waals surface area contributed by atoms with E-state index in [0.717, 1.165) is 22.7 Å². The topological polar surface area (TPSA) is 102 Å². The number of carbonyl (C=O) groups is 1. The first-order valence-electron chi connectivity index (χ1n) is 11.6. The molecule has 0 radical (unpaired) electrons. The van der Waals surface area contributed by atoms with Gasteiger partial charge in [-0.3, -0.25) is 4.79 Å². The standard InChI is InChI=1S/C25H25FN8OS/c1-16-24(29-15-36-16)20-9-22-30-21(25(35)28-13-18-5-3-17(12-27)4-6-18)10-23(34(22)31-20)33-8-7-32(2)14-19(33)11-26/h3-6,9-10,15,19H,7-8,11,13-14H2,1-2H3,(H,28,35)/t19-/m1/s1. The van der Waals surface area contributed by atoms with E-state index in [9.17, 15) is 9.18 Å². The van der Waals surface area contributed by atoms with Crippen LogP contribution in [0.3, 0.4) is 0 Å². The first-order valence-corrected chi connectivity index (χ1v) is 12.4. The number of hydrogen-bond donors (Lipinski definition) is 1. The van der Waals surface area contributed by atoms with Crippen LogP contribution in [0.2, 0.25) is 0 Å². The second-order valence-corrected chi connectivity index (χ2v) is 9.87. The number of nitrogens with zero attached hydrogens (tertiary/aromatic N) is 7. The maximum Gasteiger partial charge on any atom is 0.270 e. The monoisotopic (exact) mass is 504 g/mol. The maximum absolute atomic E-state index is 14.1. The van der Waals surface area contributed by atoms with Crippen LogP contribution in [0.5, 0.6) is 0 Å². The number of likely N-dealkylation sites (N-methyl/N-ethyl adjacent to an activating group) is 1. The van der Waals surface area contributed by atoms with Gasteiger partial charge in [-0.2, -0.15) is 14.9 Å². The lowest BCUT2D eigenvalue weighted by molar-refractivity contribution is 0.0946.